The van der Waals surface area contributed by atoms with Crippen LogP contribution < -0.4 is 5.32 Å². The van der Waals surface area contributed by atoms with Crippen LogP contribution in [0.5, 0.6) is 0 Å². The van der Waals surface area contributed by atoms with E-state index in [4.69, 9.17) is 21.1 Å². The van der Waals surface area contributed by atoms with Gasteiger partial charge in [0.1, 0.15) is 5.69 Å². The van der Waals surface area contributed by atoms with Gasteiger partial charge < -0.3 is 19.4 Å². The highest BCUT2D eigenvalue weighted by Gasteiger charge is 2.20. The lowest BCUT2D eigenvalue weighted by atomic mass is 10.1. The molecule has 0 fully saturated rings. The molecule has 2 heterocycles. The first-order valence-electron chi connectivity index (χ1n) is 9.37. The van der Waals surface area contributed by atoms with Crippen molar-refractivity contribution >= 4 is 34.6 Å². The Morgan fingerprint density at radius 3 is 2.47 bits per heavy atom. The van der Waals surface area contributed by atoms with Gasteiger partial charge in [-0.05, 0) is 42.3 Å². The Balaban J connectivity index is 1.59. The number of carboxylic acid groups (broad SMARTS) is 1. The molecule has 0 radical (unpaired) electrons. The van der Waals surface area contributed by atoms with Crippen LogP contribution in [0.3, 0.4) is 0 Å². The van der Waals surface area contributed by atoms with Crippen molar-refractivity contribution in [3.63, 3.8) is 0 Å². The fourth-order valence-electron chi connectivity index (χ4n) is 3.38. The van der Waals surface area contributed by atoms with Crippen molar-refractivity contribution in [2.45, 2.75) is 19.5 Å². The molecule has 1 atom stereocenters. The van der Waals surface area contributed by atoms with Gasteiger partial charge >= 0.3 is 5.97 Å². The Bertz CT molecular complexity index is 1210. The van der Waals surface area contributed by atoms with Crippen LogP contribution in [0.4, 0.5) is 0 Å². The van der Waals surface area contributed by atoms with E-state index >= 15 is 0 Å². The summed E-state index contributed by atoms with van der Waals surface area (Å²) in [6, 6.07) is 17.2. The molecule has 0 spiro atoms. The number of carbonyl (C=O) groups excluding carboxylic acids is 1. The Morgan fingerprint density at radius 2 is 1.80 bits per heavy atom. The summed E-state index contributed by atoms with van der Waals surface area (Å²) in [6.07, 6.45) is 1.59. The first kappa shape index (κ1) is 19.8. The number of hydrogen-bond acceptors (Lipinski definition) is 3. The maximum atomic E-state index is 13.0. The average molecular weight is 423 g/mol. The normalized spacial score (nSPS) is 12.1. The molecule has 152 valence electrons. The van der Waals surface area contributed by atoms with Crippen molar-refractivity contribution in [2.24, 2.45) is 0 Å². The van der Waals surface area contributed by atoms with Gasteiger partial charge in [-0.2, -0.15) is 0 Å². The molecule has 30 heavy (non-hydrogen) atoms. The van der Waals surface area contributed by atoms with E-state index in [1.165, 1.54) is 12.1 Å². The van der Waals surface area contributed by atoms with Crippen molar-refractivity contribution in [1.82, 2.24) is 9.88 Å². The first-order chi connectivity index (χ1) is 14.4. The molecule has 1 amide bonds. The van der Waals surface area contributed by atoms with Gasteiger partial charge in [0.2, 0.25) is 0 Å². The standard InChI is InChI=1S/C23H19ClN2O4/c1-14(16-4-6-17(7-5-16)23(28)29)25-22(27)20-12-21-19(10-11-30-21)26(20)13-15-2-8-18(24)9-3-15/h2-12,14H,13H2,1H3,(H,25,27)(H,28,29)/t14-/m0/s1. The molecular formula is C23H19ClN2O4. The summed E-state index contributed by atoms with van der Waals surface area (Å²) in [5, 5.41) is 12.7. The summed E-state index contributed by atoms with van der Waals surface area (Å²) in [7, 11) is 0. The molecule has 4 rings (SSSR count). The largest absolute Gasteiger partial charge is 0.478 e. The number of carboxylic acids is 1. The summed E-state index contributed by atoms with van der Waals surface area (Å²) in [4.78, 5) is 24.1. The highest BCUT2D eigenvalue weighted by molar-refractivity contribution is 6.30. The van der Waals surface area contributed by atoms with Crippen LogP contribution in [0, 0.1) is 0 Å². The maximum Gasteiger partial charge on any atom is 0.335 e. The van der Waals surface area contributed by atoms with Crippen LogP contribution >= 0.6 is 11.6 Å². The highest BCUT2D eigenvalue weighted by Crippen LogP contribution is 2.24. The van der Waals surface area contributed by atoms with Gasteiger partial charge in [0, 0.05) is 23.7 Å². The number of amides is 1. The van der Waals surface area contributed by atoms with Gasteiger partial charge in [0.15, 0.2) is 5.58 Å². The van der Waals surface area contributed by atoms with E-state index in [1.54, 1.807) is 24.5 Å². The summed E-state index contributed by atoms with van der Waals surface area (Å²) in [5.41, 5.74) is 3.96. The lowest BCUT2D eigenvalue weighted by molar-refractivity contribution is 0.0696. The number of nitrogens with one attached hydrogen (secondary N) is 1. The predicted molar refractivity (Wildman–Crippen MR) is 114 cm³/mol. The second kappa shape index (κ2) is 8.08. The molecule has 0 unspecified atom stereocenters. The fraction of sp³-hybridized carbons (Fsp3) is 0.130. The minimum atomic E-state index is -0.985. The number of halogens is 1. The molecule has 7 heteroatoms. The Hall–Kier alpha value is -3.51. The summed E-state index contributed by atoms with van der Waals surface area (Å²) < 4.78 is 7.39. The van der Waals surface area contributed by atoms with Gasteiger partial charge in [-0.25, -0.2) is 4.79 Å². The number of fused-ring (bicyclic) bond motifs is 1. The van der Waals surface area contributed by atoms with E-state index in [2.05, 4.69) is 5.32 Å². The van der Waals surface area contributed by atoms with Gasteiger partial charge in [0.25, 0.3) is 5.91 Å². The maximum absolute atomic E-state index is 13.0. The van der Waals surface area contributed by atoms with E-state index in [9.17, 15) is 9.59 Å². The zero-order chi connectivity index (χ0) is 21.3. The Kier molecular flexibility index (Phi) is 5.33. The Morgan fingerprint density at radius 1 is 1.10 bits per heavy atom. The quantitative estimate of drug-likeness (QED) is 0.451. The molecule has 0 saturated carbocycles. The topological polar surface area (TPSA) is 84.5 Å². The molecule has 0 aliphatic carbocycles. The minimum Gasteiger partial charge on any atom is -0.478 e. The Labute approximate surface area is 177 Å². The zero-order valence-electron chi connectivity index (χ0n) is 16.1. The minimum absolute atomic E-state index is 0.203. The van der Waals surface area contributed by atoms with E-state index in [1.807, 2.05) is 41.8 Å². The van der Waals surface area contributed by atoms with Crippen molar-refractivity contribution in [2.75, 3.05) is 0 Å². The van der Waals surface area contributed by atoms with Crippen molar-refractivity contribution in [1.29, 1.82) is 0 Å². The fourth-order valence-corrected chi connectivity index (χ4v) is 3.50. The van der Waals surface area contributed by atoms with E-state index in [0.29, 0.717) is 22.8 Å². The van der Waals surface area contributed by atoms with Crippen molar-refractivity contribution < 1.29 is 19.1 Å². The smallest absolute Gasteiger partial charge is 0.335 e. The van der Waals surface area contributed by atoms with Crippen molar-refractivity contribution in [3.8, 4) is 0 Å². The molecule has 0 aliphatic rings. The number of benzene rings is 2. The van der Waals surface area contributed by atoms with Crippen LogP contribution in [0.25, 0.3) is 11.1 Å². The van der Waals surface area contributed by atoms with Gasteiger partial charge in [0.05, 0.1) is 23.4 Å². The van der Waals surface area contributed by atoms with Crippen LogP contribution in [0.15, 0.2) is 71.3 Å². The SMILES string of the molecule is C[C@H](NC(=O)c1cc2occc2n1Cc1ccc(Cl)cc1)c1ccc(C(=O)O)cc1. The number of carbonyl (C=O) groups is 2. The summed E-state index contributed by atoms with van der Waals surface area (Å²) in [6.45, 7) is 2.34. The monoisotopic (exact) mass is 422 g/mol. The number of hydrogen-bond donors (Lipinski definition) is 2. The molecular weight excluding hydrogens is 404 g/mol. The number of aromatic nitrogens is 1. The predicted octanol–water partition coefficient (Wildman–Crippen LogP) is 5.13. The van der Waals surface area contributed by atoms with Crippen LogP contribution in [-0.2, 0) is 6.54 Å². The van der Waals surface area contributed by atoms with Crippen LogP contribution in [0.1, 0.15) is 44.9 Å². The third-order valence-corrected chi connectivity index (χ3v) is 5.27. The molecule has 2 aromatic carbocycles. The van der Waals surface area contributed by atoms with Crippen LogP contribution in [-0.4, -0.2) is 21.6 Å². The summed E-state index contributed by atoms with van der Waals surface area (Å²) in [5.74, 6) is -1.23. The molecule has 6 nitrogen and oxygen atoms in total. The molecule has 2 N–H and O–H groups in total. The number of nitrogens with zero attached hydrogens (tertiary/aromatic N) is 1. The number of aromatic carboxylic acids is 1. The third kappa shape index (κ3) is 3.95. The number of rotatable bonds is 6. The van der Waals surface area contributed by atoms with Gasteiger partial charge in [-0.1, -0.05) is 35.9 Å². The molecule has 4 aromatic rings. The van der Waals surface area contributed by atoms with Crippen molar-refractivity contribution in [3.05, 3.63) is 94.3 Å². The molecule has 0 aliphatic heterocycles. The first-order valence-corrected chi connectivity index (χ1v) is 9.75. The second-order valence-corrected chi connectivity index (χ2v) is 7.47. The van der Waals surface area contributed by atoms with E-state index in [0.717, 1.165) is 16.6 Å². The van der Waals surface area contributed by atoms with Gasteiger partial charge in [-0.3, -0.25) is 4.79 Å². The second-order valence-electron chi connectivity index (χ2n) is 7.03. The van der Waals surface area contributed by atoms with E-state index < -0.39 is 5.97 Å². The lowest BCUT2D eigenvalue weighted by Gasteiger charge is -2.16. The third-order valence-electron chi connectivity index (χ3n) is 5.01. The van der Waals surface area contributed by atoms with Crippen LogP contribution in [0.2, 0.25) is 5.02 Å². The molecule has 0 bridgehead atoms. The molecule has 2 aromatic heterocycles. The number of furan rings is 1. The molecule has 0 saturated heterocycles. The highest BCUT2D eigenvalue weighted by atomic mass is 35.5. The lowest BCUT2D eigenvalue weighted by Crippen LogP contribution is -2.28. The zero-order valence-corrected chi connectivity index (χ0v) is 16.9. The van der Waals surface area contributed by atoms with E-state index in [-0.39, 0.29) is 17.5 Å². The summed E-state index contributed by atoms with van der Waals surface area (Å²) >= 11 is 5.98. The van der Waals surface area contributed by atoms with Gasteiger partial charge in [-0.15, -0.1) is 0 Å². The average Bonchev–Trinajstić information content (AvgIpc) is 3.32.